The van der Waals surface area contributed by atoms with E-state index >= 15 is 0 Å². The van der Waals surface area contributed by atoms with Gasteiger partial charge in [0.15, 0.2) is 0 Å². The van der Waals surface area contributed by atoms with Crippen LogP contribution in [-0.2, 0) is 0 Å². The summed E-state index contributed by atoms with van der Waals surface area (Å²) in [6, 6.07) is 1.43. The fourth-order valence-electron chi connectivity index (χ4n) is 3.09. The van der Waals surface area contributed by atoms with Crippen LogP contribution in [0.1, 0.15) is 23.2 Å². The van der Waals surface area contributed by atoms with Crippen LogP contribution in [0.3, 0.4) is 0 Å². The molecule has 116 valence electrons. The summed E-state index contributed by atoms with van der Waals surface area (Å²) in [6.45, 7) is 2.00. The second kappa shape index (κ2) is 6.41. The minimum absolute atomic E-state index is 0.0143. The van der Waals surface area contributed by atoms with E-state index in [2.05, 4.69) is 4.98 Å². The Morgan fingerprint density at radius 2 is 2.24 bits per heavy atom. The summed E-state index contributed by atoms with van der Waals surface area (Å²) < 4.78 is 0. The normalized spacial score (nSPS) is 22.6. The number of carbonyl (C=O) groups is 1. The molecule has 0 aromatic carbocycles. The van der Waals surface area contributed by atoms with Gasteiger partial charge in [0.25, 0.3) is 5.91 Å². The van der Waals surface area contributed by atoms with E-state index in [0.717, 1.165) is 19.4 Å². The van der Waals surface area contributed by atoms with E-state index < -0.39 is 0 Å². The highest BCUT2D eigenvalue weighted by Crippen LogP contribution is 2.31. The van der Waals surface area contributed by atoms with Crippen molar-refractivity contribution in [3.05, 3.63) is 24.0 Å². The highest BCUT2D eigenvalue weighted by atomic mass is 16.3. The van der Waals surface area contributed by atoms with Gasteiger partial charge in [-0.3, -0.25) is 9.78 Å². The van der Waals surface area contributed by atoms with Crippen LogP contribution in [0, 0.1) is 5.41 Å². The van der Waals surface area contributed by atoms with Gasteiger partial charge in [-0.15, -0.1) is 0 Å². The second-order valence-corrected chi connectivity index (χ2v) is 6.16. The zero-order chi connectivity index (χ0) is 15.5. The number of aromatic nitrogens is 1. The van der Waals surface area contributed by atoms with Gasteiger partial charge >= 0.3 is 0 Å². The van der Waals surface area contributed by atoms with Gasteiger partial charge in [-0.1, -0.05) is 0 Å². The average molecular weight is 293 g/mol. The maximum absolute atomic E-state index is 12.5. The number of pyridine rings is 1. The zero-order valence-electron chi connectivity index (χ0n) is 12.6. The first-order chi connectivity index (χ1) is 9.96. The quantitative estimate of drug-likeness (QED) is 0.848. The molecule has 0 saturated carbocycles. The molecule has 1 aliphatic heterocycles. The predicted molar refractivity (Wildman–Crippen MR) is 79.1 cm³/mol. The highest BCUT2D eigenvalue weighted by Gasteiger charge is 2.37. The van der Waals surface area contributed by atoms with Gasteiger partial charge in [-0.05, 0) is 33.0 Å². The molecule has 2 rings (SSSR count). The van der Waals surface area contributed by atoms with Crippen molar-refractivity contribution in [2.45, 2.75) is 12.8 Å². The monoisotopic (exact) mass is 293 g/mol. The van der Waals surface area contributed by atoms with E-state index in [1.165, 1.54) is 18.5 Å². The molecule has 1 unspecified atom stereocenters. The number of rotatable bonds is 4. The molecule has 1 saturated heterocycles. The van der Waals surface area contributed by atoms with Gasteiger partial charge in [-0.2, -0.15) is 0 Å². The summed E-state index contributed by atoms with van der Waals surface area (Å²) in [5.41, 5.74) is 0.107. The van der Waals surface area contributed by atoms with Gasteiger partial charge in [0, 0.05) is 31.2 Å². The Hall–Kier alpha value is -1.66. The maximum atomic E-state index is 12.5. The van der Waals surface area contributed by atoms with E-state index in [9.17, 15) is 15.0 Å². The summed E-state index contributed by atoms with van der Waals surface area (Å²) in [4.78, 5) is 20.2. The van der Waals surface area contributed by atoms with Crippen molar-refractivity contribution in [1.29, 1.82) is 0 Å². The number of likely N-dealkylation sites (tertiary alicyclic amines) is 1. The van der Waals surface area contributed by atoms with Crippen LogP contribution in [0.4, 0.5) is 0 Å². The molecule has 21 heavy (non-hydrogen) atoms. The molecule has 6 heteroatoms. The third kappa shape index (κ3) is 3.71. The standard InChI is InChI=1S/C15H23N3O3/c1-17(2)9-15(11-19)4-3-5-18(10-15)14(21)12-6-13(20)8-16-7-12/h6-8,19-20H,3-5,9-11H2,1-2H3. The third-order valence-corrected chi connectivity index (χ3v) is 3.91. The number of piperidine rings is 1. The summed E-state index contributed by atoms with van der Waals surface area (Å²) in [6.07, 6.45) is 4.54. The van der Waals surface area contributed by atoms with Crippen LogP contribution in [0.25, 0.3) is 0 Å². The lowest BCUT2D eigenvalue weighted by Gasteiger charge is -2.43. The van der Waals surface area contributed by atoms with Crippen molar-refractivity contribution in [2.75, 3.05) is 40.3 Å². The second-order valence-electron chi connectivity index (χ2n) is 6.16. The molecule has 0 spiro atoms. The largest absolute Gasteiger partial charge is 0.506 e. The fourth-order valence-corrected chi connectivity index (χ4v) is 3.09. The predicted octanol–water partition coefficient (Wildman–Crippen LogP) is 0.563. The molecular weight excluding hydrogens is 270 g/mol. The van der Waals surface area contributed by atoms with E-state index in [-0.39, 0.29) is 23.7 Å². The van der Waals surface area contributed by atoms with Crippen molar-refractivity contribution >= 4 is 5.91 Å². The molecule has 0 aliphatic carbocycles. The first kappa shape index (κ1) is 15.7. The Morgan fingerprint density at radius 1 is 1.48 bits per heavy atom. The molecule has 1 aromatic heterocycles. The molecule has 2 N–H and O–H groups in total. The van der Waals surface area contributed by atoms with E-state index in [1.807, 2.05) is 19.0 Å². The van der Waals surface area contributed by atoms with Gasteiger partial charge in [0.2, 0.25) is 0 Å². The SMILES string of the molecule is CN(C)CC1(CO)CCCN(C(=O)c2cncc(O)c2)C1. The summed E-state index contributed by atoms with van der Waals surface area (Å²) in [5, 5.41) is 19.2. The Bertz CT molecular complexity index is 507. The molecule has 1 aromatic rings. The topological polar surface area (TPSA) is 76.9 Å². The van der Waals surface area contributed by atoms with Crippen molar-refractivity contribution in [2.24, 2.45) is 5.41 Å². The number of aliphatic hydroxyl groups excluding tert-OH is 1. The van der Waals surface area contributed by atoms with Gasteiger partial charge in [-0.25, -0.2) is 0 Å². The number of aliphatic hydroxyl groups is 1. The molecule has 1 aliphatic rings. The molecule has 1 atom stereocenters. The number of carbonyl (C=O) groups excluding carboxylic acids is 1. The lowest BCUT2D eigenvalue weighted by Crippen LogP contribution is -2.51. The number of hydrogen-bond acceptors (Lipinski definition) is 5. The number of amides is 1. The van der Waals surface area contributed by atoms with Crippen molar-refractivity contribution < 1.29 is 15.0 Å². The van der Waals surface area contributed by atoms with Crippen LogP contribution in [0.15, 0.2) is 18.5 Å². The Balaban J connectivity index is 2.15. The van der Waals surface area contributed by atoms with E-state index in [0.29, 0.717) is 18.7 Å². The average Bonchev–Trinajstić information content (AvgIpc) is 2.46. The van der Waals surface area contributed by atoms with Crippen LogP contribution in [-0.4, -0.2) is 71.2 Å². The fraction of sp³-hybridized carbons (Fsp3) is 0.600. The summed E-state index contributed by atoms with van der Waals surface area (Å²) >= 11 is 0. The van der Waals surface area contributed by atoms with Gasteiger partial charge < -0.3 is 20.0 Å². The highest BCUT2D eigenvalue weighted by molar-refractivity contribution is 5.94. The molecule has 2 heterocycles. The van der Waals surface area contributed by atoms with Crippen molar-refractivity contribution in [3.63, 3.8) is 0 Å². The lowest BCUT2D eigenvalue weighted by atomic mass is 9.80. The van der Waals surface area contributed by atoms with Gasteiger partial charge in [0.05, 0.1) is 18.4 Å². The molecule has 1 fully saturated rings. The minimum atomic E-state index is -0.276. The molecule has 0 bridgehead atoms. The molecular formula is C15H23N3O3. The minimum Gasteiger partial charge on any atom is -0.506 e. The van der Waals surface area contributed by atoms with Crippen LogP contribution in [0.2, 0.25) is 0 Å². The van der Waals surface area contributed by atoms with Crippen LogP contribution in [0.5, 0.6) is 5.75 Å². The number of aromatic hydroxyl groups is 1. The Morgan fingerprint density at radius 3 is 2.86 bits per heavy atom. The smallest absolute Gasteiger partial charge is 0.255 e. The number of nitrogens with zero attached hydrogens (tertiary/aromatic N) is 3. The maximum Gasteiger partial charge on any atom is 0.255 e. The van der Waals surface area contributed by atoms with E-state index in [4.69, 9.17) is 0 Å². The van der Waals surface area contributed by atoms with Crippen LogP contribution >= 0.6 is 0 Å². The molecule has 6 nitrogen and oxygen atoms in total. The first-order valence-corrected chi connectivity index (χ1v) is 7.15. The lowest BCUT2D eigenvalue weighted by molar-refractivity contribution is 0.0138. The van der Waals surface area contributed by atoms with E-state index in [1.54, 1.807) is 4.90 Å². The van der Waals surface area contributed by atoms with Crippen molar-refractivity contribution in [3.8, 4) is 5.75 Å². The van der Waals surface area contributed by atoms with Crippen molar-refractivity contribution in [1.82, 2.24) is 14.8 Å². The Labute approximate surface area is 125 Å². The Kier molecular flexibility index (Phi) is 4.80. The van der Waals surface area contributed by atoms with Gasteiger partial charge in [0.1, 0.15) is 5.75 Å². The summed E-state index contributed by atoms with van der Waals surface area (Å²) in [7, 11) is 3.94. The number of hydrogen-bond donors (Lipinski definition) is 2. The molecule has 1 amide bonds. The van der Waals surface area contributed by atoms with Crippen LogP contribution < -0.4 is 0 Å². The summed E-state index contributed by atoms with van der Waals surface area (Å²) in [5.74, 6) is -0.158. The third-order valence-electron chi connectivity index (χ3n) is 3.91. The molecule has 0 radical (unpaired) electrons. The zero-order valence-corrected chi connectivity index (χ0v) is 12.6. The first-order valence-electron chi connectivity index (χ1n) is 7.15.